The van der Waals surface area contributed by atoms with Crippen molar-refractivity contribution in [2.24, 2.45) is 0 Å². The van der Waals surface area contributed by atoms with Crippen LogP contribution < -0.4 is 0 Å². The van der Waals surface area contributed by atoms with Crippen molar-refractivity contribution < 1.29 is 53.1 Å². The molecule has 2 atom stereocenters. The van der Waals surface area contributed by atoms with Crippen LogP contribution in [0, 0.1) is 6.92 Å². The van der Waals surface area contributed by atoms with Gasteiger partial charge in [0.15, 0.2) is 11.9 Å². The monoisotopic (exact) mass is 514 g/mol. The Morgan fingerprint density at radius 3 is 1.81 bits per heavy atom. The molecule has 0 radical (unpaired) electrons. The zero-order valence-electron chi connectivity index (χ0n) is 16.4. The fourth-order valence-electron chi connectivity index (χ4n) is 3.11. The number of ether oxygens (including phenoxy) is 1. The molecular weight excluding hydrogens is 500 g/mol. The molecule has 0 N–H and O–H groups in total. The van der Waals surface area contributed by atoms with Crippen molar-refractivity contribution in [3.63, 3.8) is 0 Å². The van der Waals surface area contributed by atoms with Crippen molar-refractivity contribution in [3.8, 4) is 0 Å². The second-order valence-electron chi connectivity index (χ2n) is 7.12. The molecule has 1 aliphatic rings. The number of sulfone groups is 1. The molecule has 32 heavy (non-hydrogen) atoms. The first-order chi connectivity index (χ1) is 14.2. The molecular formula is C18H15ClF8O4S. The fraction of sp³-hybridized carbons (Fsp3) is 0.500. The zero-order chi connectivity index (χ0) is 25.1. The van der Waals surface area contributed by atoms with Crippen LogP contribution in [-0.4, -0.2) is 42.8 Å². The smallest absolute Gasteiger partial charge is 0.417 e. The lowest BCUT2D eigenvalue weighted by Gasteiger charge is -2.34. The minimum absolute atomic E-state index is 0.153. The summed E-state index contributed by atoms with van der Waals surface area (Å²) in [5, 5.41) is -13.0. The number of alkyl halides is 9. The van der Waals surface area contributed by atoms with Gasteiger partial charge in [0.2, 0.25) is 9.84 Å². The third kappa shape index (κ3) is 3.76. The van der Waals surface area contributed by atoms with E-state index in [1.165, 1.54) is 24.3 Å². The summed E-state index contributed by atoms with van der Waals surface area (Å²) in [5.74, 6) is -17.9. The third-order valence-electron chi connectivity index (χ3n) is 4.82. The molecule has 0 aromatic heterocycles. The molecule has 4 nitrogen and oxygen atoms in total. The quantitative estimate of drug-likeness (QED) is 0.361. The highest BCUT2D eigenvalue weighted by Crippen LogP contribution is 2.58. The highest BCUT2D eigenvalue weighted by Gasteiger charge is 2.84. The van der Waals surface area contributed by atoms with Gasteiger partial charge < -0.3 is 4.74 Å². The van der Waals surface area contributed by atoms with Gasteiger partial charge in [-0.15, -0.1) is 0 Å². The number of halogens is 9. The predicted molar refractivity (Wildman–Crippen MR) is 96.7 cm³/mol. The molecule has 0 aliphatic carbocycles. The molecule has 2 rings (SSSR count). The Balaban J connectivity index is 2.75. The van der Waals surface area contributed by atoms with E-state index in [4.69, 9.17) is 4.74 Å². The fourth-order valence-corrected chi connectivity index (χ4v) is 5.00. The minimum Gasteiger partial charge on any atom is -0.485 e. The number of allylic oxidation sites excluding steroid dienone is 1. The van der Waals surface area contributed by atoms with Crippen molar-refractivity contribution in [2.75, 3.05) is 0 Å². The van der Waals surface area contributed by atoms with Crippen molar-refractivity contribution in [2.45, 2.75) is 55.3 Å². The first-order valence-corrected chi connectivity index (χ1v) is 10.5. The molecule has 1 heterocycles. The van der Waals surface area contributed by atoms with E-state index in [1.54, 1.807) is 6.92 Å². The average molecular weight is 515 g/mol. The van der Waals surface area contributed by atoms with E-state index in [-0.39, 0.29) is 5.56 Å². The summed E-state index contributed by atoms with van der Waals surface area (Å²) < 4.78 is 140. The summed E-state index contributed by atoms with van der Waals surface area (Å²) >= 11 is 3.89. The summed E-state index contributed by atoms with van der Waals surface area (Å²) in [6, 6.07) is 5.12. The van der Waals surface area contributed by atoms with Crippen molar-refractivity contribution >= 4 is 27.2 Å². The normalized spacial score (nSPS) is 21.0. The summed E-state index contributed by atoms with van der Waals surface area (Å²) in [7, 11) is -6.82. The van der Waals surface area contributed by atoms with E-state index in [1.807, 2.05) is 0 Å². The maximum Gasteiger partial charge on any atom is 0.417 e. The van der Waals surface area contributed by atoms with Gasteiger partial charge in [-0.1, -0.05) is 29.8 Å². The van der Waals surface area contributed by atoms with E-state index in [0.29, 0.717) is 5.56 Å². The molecule has 14 heteroatoms. The molecule has 1 aromatic rings. The molecule has 0 saturated carbocycles. The SMILES string of the molecule is CC(=O)[C@@H]1OC(C)=C(S(=O)(=O)C(F)(F)C(F)(F)C(F)(F)C(F)(F)Cl)[C@H]1c1ccc(C)cc1. The maximum atomic E-state index is 14.5. The largest absolute Gasteiger partial charge is 0.485 e. The van der Waals surface area contributed by atoms with Gasteiger partial charge in [0.05, 0.1) is 10.8 Å². The molecule has 0 fully saturated rings. The van der Waals surface area contributed by atoms with Crippen LogP contribution in [0.25, 0.3) is 0 Å². The number of rotatable bonds is 7. The number of hydrogen-bond donors (Lipinski definition) is 0. The molecule has 180 valence electrons. The summed E-state index contributed by atoms with van der Waals surface area (Å²) in [4.78, 5) is 10.3. The molecule has 1 aromatic carbocycles. The number of benzene rings is 1. The van der Waals surface area contributed by atoms with Gasteiger partial charge in [0, 0.05) is 0 Å². The summed E-state index contributed by atoms with van der Waals surface area (Å²) in [6.07, 6.45) is -1.78. The van der Waals surface area contributed by atoms with Crippen LogP contribution in [0.4, 0.5) is 35.1 Å². The Morgan fingerprint density at radius 2 is 1.41 bits per heavy atom. The molecule has 0 bridgehead atoms. The first-order valence-electron chi connectivity index (χ1n) is 8.61. The van der Waals surface area contributed by atoms with Gasteiger partial charge in [-0.05, 0) is 37.9 Å². The second kappa shape index (κ2) is 7.86. The minimum atomic E-state index is -7.15. The molecule has 1 aliphatic heterocycles. The lowest BCUT2D eigenvalue weighted by Crippen LogP contribution is -2.63. The van der Waals surface area contributed by atoms with Gasteiger partial charge in [-0.25, -0.2) is 8.42 Å². The van der Waals surface area contributed by atoms with Gasteiger partial charge in [0.25, 0.3) is 0 Å². The number of aryl methyl sites for hydroxylation is 1. The highest BCUT2D eigenvalue weighted by molar-refractivity contribution is 7.96. The van der Waals surface area contributed by atoms with E-state index in [2.05, 4.69) is 11.6 Å². The Morgan fingerprint density at radius 1 is 0.938 bits per heavy atom. The lowest BCUT2D eigenvalue weighted by molar-refractivity contribution is -0.326. The lowest BCUT2D eigenvalue weighted by atomic mass is 9.91. The number of carbonyl (C=O) groups excluding carboxylic acids is 1. The molecule has 0 amide bonds. The van der Waals surface area contributed by atoms with Gasteiger partial charge in [-0.3, -0.25) is 4.79 Å². The van der Waals surface area contributed by atoms with Gasteiger partial charge in [-0.2, -0.15) is 35.1 Å². The van der Waals surface area contributed by atoms with E-state index < -0.39 is 60.8 Å². The third-order valence-corrected chi connectivity index (χ3v) is 7.11. The Labute approximate surface area is 182 Å². The number of hydrogen-bond acceptors (Lipinski definition) is 4. The number of ketones is 1. The van der Waals surface area contributed by atoms with Crippen LogP contribution in [0.3, 0.4) is 0 Å². The van der Waals surface area contributed by atoms with Crippen LogP contribution >= 0.6 is 11.6 Å². The van der Waals surface area contributed by atoms with Crippen LogP contribution in [0.1, 0.15) is 30.9 Å². The maximum absolute atomic E-state index is 14.5. The van der Waals surface area contributed by atoms with Gasteiger partial charge >= 0.3 is 22.5 Å². The Hall–Kier alpha value is -1.89. The van der Waals surface area contributed by atoms with E-state index in [9.17, 15) is 48.3 Å². The molecule has 0 unspecified atom stereocenters. The highest BCUT2D eigenvalue weighted by atomic mass is 35.5. The van der Waals surface area contributed by atoms with Crippen molar-refractivity contribution in [1.29, 1.82) is 0 Å². The van der Waals surface area contributed by atoms with Crippen LogP contribution in [0.5, 0.6) is 0 Å². The molecule has 0 spiro atoms. The molecule has 0 saturated heterocycles. The van der Waals surface area contributed by atoms with Crippen LogP contribution in [0.2, 0.25) is 0 Å². The summed E-state index contributed by atoms with van der Waals surface area (Å²) in [5.41, 5.74) is 0.456. The summed E-state index contributed by atoms with van der Waals surface area (Å²) in [6.45, 7) is 3.22. The van der Waals surface area contributed by atoms with Crippen molar-refractivity contribution in [3.05, 3.63) is 46.1 Å². The zero-order valence-corrected chi connectivity index (χ0v) is 18.0. The van der Waals surface area contributed by atoms with E-state index in [0.717, 1.165) is 13.8 Å². The van der Waals surface area contributed by atoms with E-state index >= 15 is 0 Å². The topological polar surface area (TPSA) is 60.4 Å². The standard InChI is InChI=1S/C18H15ClF8O4S/c1-8-4-6-11(7-5-8)12-13(9(2)28)31-10(3)14(12)32(29,30)18(26,27)16(22,23)15(20,21)17(19,24)25/h4-7,12-13H,1-3H3/t12-,13-/m0/s1. The average Bonchev–Trinajstić information content (AvgIpc) is 2.99. The predicted octanol–water partition coefficient (Wildman–Crippen LogP) is 5.41. The Kier molecular flexibility index (Phi) is 6.47. The first kappa shape index (κ1) is 26.4. The van der Waals surface area contributed by atoms with Crippen LogP contribution in [0.15, 0.2) is 34.9 Å². The second-order valence-corrected chi connectivity index (χ2v) is 9.56. The number of carbonyl (C=O) groups is 1. The van der Waals surface area contributed by atoms with Gasteiger partial charge in [0.1, 0.15) is 5.76 Å². The van der Waals surface area contributed by atoms with Crippen molar-refractivity contribution in [1.82, 2.24) is 0 Å². The number of Topliss-reactive ketones (excluding diaryl/α,β-unsaturated/α-hetero) is 1. The Bertz CT molecular complexity index is 1050. The van der Waals surface area contributed by atoms with Crippen LogP contribution in [-0.2, 0) is 19.4 Å².